The monoisotopic (exact) mass is 390 g/mol. The Bertz CT molecular complexity index is 668. The van der Waals surface area contributed by atoms with Crippen LogP contribution in [0.4, 0.5) is 0 Å². The number of carboxylic acid groups (broad SMARTS) is 1. The summed E-state index contributed by atoms with van der Waals surface area (Å²) in [7, 11) is 3.88. The van der Waals surface area contributed by atoms with Crippen molar-refractivity contribution in [2.24, 2.45) is 0 Å². The lowest BCUT2D eigenvalue weighted by molar-refractivity contribution is -0.142. The summed E-state index contributed by atoms with van der Waals surface area (Å²) in [6.45, 7) is 0.778. The summed E-state index contributed by atoms with van der Waals surface area (Å²) in [5.74, 6) is -1.83. The van der Waals surface area contributed by atoms with Gasteiger partial charge in [0.25, 0.3) is 0 Å². The van der Waals surface area contributed by atoms with E-state index in [2.05, 4.69) is 5.32 Å². The molecule has 0 saturated heterocycles. The fraction of sp³-hybridized carbons (Fsp3) is 0.333. The third-order valence-electron chi connectivity index (χ3n) is 4.24. The van der Waals surface area contributed by atoms with Gasteiger partial charge < -0.3 is 15.3 Å². The summed E-state index contributed by atoms with van der Waals surface area (Å²) in [4.78, 5) is 26.5. The molecule has 0 aliphatic rings. The van der Waals surface area contributed by atoms with Crippen molar-refractivity contribution in [3.8, 4) is 0 Å². The normalized spacial score (nSPS) is 11.7. The molecule has 2 N–H and O–H groups in total. The molecule has 0 bridgehead atoms. The number of nitrogens with zero attached hydrogens (tertiary/aromatic N) is 1. The number of rotatable bonds is 9. The first-order chi connectivity index (χ1) is 12.5. The number of carbonyl (C=O) groups excluding carboxylic acids is 1. The van der Waals surface area contributed by atoms with E-state index < -0.39 is 17.9 Å². The Labute approximate surface area is 166 Å². The fourth-order valence-corrected chi connectivity index (χ4v) is 2.91. The van der Waals surface area contributed by atoms with Crippen molar-refractivity contribution in [2.75, 3.05) is 20.6 Å². The molecule has 1 amide bonds. The zero-order valence-electron chi connectivity index (χ0n) is 15.7. The molecule has 0 saturated carbocycles. The average Bonchev–Trinajstić information content (AvgIpc) is 2.62. The molecular formula is C21H27ClN2O3. The predicted molar refractivity (Wildman–Crippen MR) is 109 cm³/mol. The van der Waals surface area contributed by atoms with E-state index >= 15 is 0 Å². The van der Waals surface area contributed by atoms with Crippen LogP contribution >= 0.6 is 12.4 Å². The summed E-state index contributed by atoms with van der Waals surface area (Å²) in [5.41, 5.74) is 1.68. The Kier molecular flexibility index (Phi) is 9.54. The molecule has 0 spiro atoms. The summed E-state index contributed by atoms with van der Waals surface area (Å²) >= 11 is 0. The van der Waals surface area contributed by atoms with Crippen LogP contribution in [0.1, 0.15) is 29.9 Å². The Morgan fingerprint density at radius 3 is 1.85 bits per heavy atom. The van der Waals surface area contributed by atoms with E-state index in [0.29, 0.717) is 12.8 Å². The van der Waals surface area contributed by atoms with Crippen LogP contribution < -0.4 is 5.32 Å². The number of hydrogen-bond acceptors (Lipinski definition) is 3. The minimum absolute atomic E-state index is 0. The standard InChI is InChI=1S/C21H26N2O3.ClH/c1-23(2)15-9-14-18(21(25)26)22-20(24)19(16-10-5-3-6-11-16)17-12-7-4-8-13-17;/h3-8,10-13,18-19H,9,14-15H2,1-2H3,(H,22,24)(H,25,26);1H/t18-;/m1./s1. The Hall–Kier alpha value is -2.37. The number of halogens is 1. The lowest BCUT2D eigenvalue weighted by Crippen LogP contribution is -2.43. The zero-order valence-corrected chi connectivity index (χ0v) is 16.5. The van der Waals surface area contributed by atoms with E-state index in [0.717, 1.165) is 17.7 Å². The topological polar surface area (TPSA) is 69.6 Å². The number of carbonyl (C=O) groups is 2. The van der Waals surface area contributed by atoms with Gasteiger partial charge in [0.1, 0.15) is 6.04 Å². The second kappa shape index (κ2) is 11.4. The molecule has 146 valence electrons. The third-order valence-corrected chi connectivity index (χ3v) is 4.24. The fourth-order valence-electron chi connectivity index (χ4n) is 2.91. The summed E-state index contributed by atoms with van der Waals surface area (Å²) in [6, 6.07) is 18.0. The largest absolute Gasteiger partial charge is 0.480 e. The first-order valence-corrected chi connectivity index (χ1v) is 8.77. The molecule has 2 aromatic rings. The van der Waals surface area contributed by atoms with Crippen LogP contribution in [0.5, 0.6) is 0 Å². The van der Waals surface area contributed by atoms with E-state index in [4.69, 9.17) is 0 Å². The molecule has 27 heavy (non-hydrogen) atoms. The first-order valence-electron chi connectivity index (χ1n) is 8.77. The van der Waals surface area contributed by atoms with E-state index in [-0.39, 0.29) is 18.3 Å². The average molecular weight is 391 g/mol. The van der Waals surface area contributed by atoms with Gasteiger partial charge in [-0.05, 0) is 44.6 Å². The maximum Gasteiger partial charge on any atom is 0.326 e. The van der Waals surface area contributed by atoms with Crippen molar-refractivity contribution in [1.29, 1.82) is 0 Å². The Morgan fingerprint density at radius 1 is 0.963 bits per heavy atom. The Balaban J connectivity index is 0.00000364. The second-order valence-electron chi connectivity index (χ2n) is 6.60. The number of amides is 1. The molecule has 0 fully saturated rings. The minimum atomic E-state index is -1.00. The summed E-state index contributed by atoms with van der Waals surface area (Å²) in [6.07, 6.45) is 1.10. The van der Waals surface area contributed by atoms with Gasteiger partial charge in [-0.3, -0.25) is 4.79 Å². The second-order valence-corrected chi connectivity index (χ2v) is 6.60. The van der Waals surface area contributed by atoms with Crippen molar-refractivity contribution < 1.29 is 14.7 Å². The van der Waals surface area contributed by atoms with Gasteiger partial charge in [0.15, 0.2) is 0 Å². The number of carboxylic acids is 1. The molecule has 1 atom stereocenters. The molecule has 2 rings (SSSR count). The third kappa shape index (κ3) is 7.04. The lowest BCUT2D eigenvalue weighted by Gasteiger charge is -2.21. The molecule has 5 nitrogen and oxygen atoms in total. The van der Waals surface area contributed by atoms with Gasteiger partial charge in [0.05, 0.1) is 5.92 Å². The molecule has 0 heterocycles. The van der Waals surface area contributed by atoms with Gasteiger partial charge in [0, 0.05) is 0 Å². The van der Waals surface area contributed by atoms with Gasteiger partial charge in [-0.1, -0.05) is 60.7 Å². The number of hydrogen-bond donors (Lipinski definition) is 2. The minimum Gasteiger partial charge on any atom is -0.480 e. The first kappa shape index (κ1) is 22.7. The Morgan fingerprint density at radius 2 is 1.44 bits per heavy atom. The van der Waals surface area contributed by atoms with Crippen LogP contribution in [0.25, 0.3) is 0 Å². The lowest BCUT2D eigenvalue weighted by atomic mass is 9.90. The van der Waals surface area contributed by atoms with Crippen molar-refractivity contribution in [2.45, 2.75) is 24.8 Å². The van der Waals surface area contributed by atoms with Crippen LogP contribution in [0.2, 0.25) is 0 Å². The van der Waals surface area contributed by atoms with Crippen molar-refractivity contribution in [3.05, 3.63) is 71.8 Å². The highest BCUT2D eigenvalue weighted by molar-refractivity contribution is 5.90. The van der Waals surface area contributed by atoms with E-state index in [9.17, 15) is 14.7 Å². The highest BCUT2D eigenvalue weighted by atomic mass is 35.5. The molecule has 0 aliphatic carbocycles. The number of aliphatic carboxylic acids is 1. The van der Waals surface area contributed by atoms with Gasteiger partial charge in [0.2, 0.25) is 5.91 Å². The van der Waals surface area contributed by atoms with Gasteiger partial charge in [-0.15, -0.1) is 12.4 Å². The highest BCUT2D eigenvalue weighted by Gasteiger charge is 2.27. The number of nitrogens with one attached hydrogen (secondary N) is 1. The van der Waals surface area contributed by atoms with E-state index in [1.54, 1.807) is 0 Å². The van der Waals surface area contributed by atoms with Crippen molar-refractivity contribution in [3.63, 3.8) is 0 Å². The van der Waals surface area contributed by atoms with Crippen LogP contribution in [0, 0.1) is 0 Å². The quantitative estimate of drug-likeness (QED) is 0.690. The molecule has 0 aromatic heterocycles. The molecule has 0 aliphatic heterocycles. The molecular weight excluding hydrogens is 364 g/mol. The number of benzene rings is 2. The van der Waals surface area contributed by atoms with Crippen molar-refractivity contribution in [1.82, 2.24) is 10.2 Å². The maximum atomic E-state index is 13.0. The van der Waals surface area contributed by atoms with Crippen molar-refractivity contribution >= 4 is 24.3 Å². The van der Waals surface area contributed by atoms with Crippen LogP contribution in [0.3, 0.4) is 0 Å². The summed E-state index contributed by atoms with van der Waals surface area (Å²) < 4.78 is 0. The SMILES string of the molecule is CN(C)CCC[C@@H](NC(=O)C(c1ccccc1)c1ccccc1)C(=O)O.Cl. The van der Waals surface area contributed by atoms with Crippen LogP contribution in [-0.4, -0.2) is 48.6 Å². The maximum absolute atomic E-state index is 13.0. The molecule has 0 radical (unpaired) electrons. The molecule has 2 aromatic carbocycles. The van der Waals surface area contributed by atoms with Gasteiger partial charge in [-0.25, -0.2) is 4.79 Å². The zero-order chi connectivity index (χ0) is 18.9. The van der Waals surface area contributed by atoms with E-state index in [1.807, 2.05) is 79.7 Å². The molecule has 6 heteroatoms. The van der Waals surface area contributed by atoms with Crippen LogP contribution in [0.15, 0.2) is 60.7 Å². The van der Waals surface area contributed by atoms with Gasteiger partial charge >= 0.3 is 5.97 Å². The molecule has 0 unspecified atom stereocenters. The summed E-state index contributed by atoms with van der Waals surface area (Å²) in [5, 5.41) is 12.2. The predicted octanol–water partition coefficient (Wildman–Crippen LogP) is 3.15. The van der Waals surface area contributed by atoms with Crippen LogP contribution in [-0.2, 0) is 9.59 Å². The smallest absolute Gasteiger partial charge is 0.326 e. The van der Waals surface area contributed by atoms with Gasteiger partial charge in [-0.2, -0.15) is 0 Å². The van der Waals surface area contributed by atoms with E-state index in [1.165, 1.54) is 0 Å². The highest BCUT2D eigenvalue weighted by Crippen LogP contribution is 2.25.